The zero-order valence-corrected chi connectivity index (χ0v) is 13.1. The average molecular weight is 328 g/mol. The van der Waals surface area contributed by atoms with Gasteiger partial charge in [0.2, 0.25) is 0 Å². The largest absolute Gasteiger partial charge is 0.417 e. The van der Waals surface area contributed by atoms with Crippen LogP contribution in [0.1, 0.15) is 36.0 Å². The van der Waals surface area contributed by atoms with Crippen molar-refractivity contribution in [2.45, 2.75) is 56.5 Å². The zero-order valence-electron chi connectivity index (χ0n) is 13.1. The van der Waals surface area contributed by atoms with Gasteiger partial charge in [-0.05, 0) is 48.8 Å². The maximum atomic E-state index is 12.8. The molecule has 1 heterocycles. The van der Waals surface area contributed by atoms with Crippen LogP contribution in [0.3, 0.4) is 0 Å². The average Bonchev–Trinajstić information content (AvgIpc) is 2.49. The summed E-state index contributed by atoms with van der Waals surface area (Å²) in [5, 5.41) is 9.71. The van der Waals surface area contributed by atoms with E-state index in [1.54, 1.807) is 0 Å². The van der Waals surface area contributed by atoms with Crippen LogP contribution >= 0.6 is 0 Å². The van der Waals surface area contributed by atoms with Gasteiger partial charge in [-0.25, -0.2) is 0 Å². The summed E-state index contributed by atoms with van der Waals surface area (Å²) < 4.78 is 38.5. The molecule has 3 nitrogen and oxygen atoms in total. The van der Waals surface area contributed by atoms with E-state index in [1.807, 2.05) is 11.0 Å². The van der Waals surface area contributed by atoms with Gasteiger partial charge < -0.3 is 10.8 Å². The summed E-state index contributed by atoms with van der Waals surface area (Å²) in [7, 11) is 0. The molecule has 3 rings (SSSR count). The van der Waals surface area contributed by atoms with Crippen molar-refractivity contribution in [3.05, 3.63) is 34.9 Å². The number of aliphatic hydroxyl groups is 1. The van der Waals surface area contributed by atoms with Gasteiger partial charge in [-0.15, -0.1) is 0 Å². The minimum Gasteiger partial charge on any atom is -0.380 e. The molecule has 6 heteroatoms. The molecule has 2 aliphatic rings. The van der Waals surface area contributed by atoms with E-state index in [9.17, 15) is 18.3 Å². The van der Waals surface area contributed by atoms with Crippen molar-refractivity contribution in [2.24, 2.45) is 5.73 Å². The molecule has 1 atom stereocenters. The Morgan fingerprint density at radius 3 is 2.57 bits per heavy atom. The fourth-order valence-electron chi connectivity index (χ4n) is 3.56. The fraction of sp³-hybridized carbons (Fsp3) is 0.647. The van der Waals surface area contributed by atoms with Crippen LogP contribution in [0.5, 0.6) is 0 Å². The molecule has 1 aliphatic heterocycles. The van der Waals surface area contributed by atoms with Crippen molar-refractivity contribution in [1.82, 2.24) is 4.90 Å². The topological polar surface area (TPSA) is 49.5 Å². The van der Waals surface area contributed by atoms with E-state index in [0.29, 0.717) is 6.54 Å². The summed E-state index contributed by atoms with van der Waals surface area (Å²) in [4.78, 5) is 1.98. The van der Waals surface area contributed by atoms with Crippen molar-refractivity contribution in [3.8, 4) is 0 Å². The van der Waals surface area contributed by atoms with Gasteiger partial charge in [0.25, 0.3) is 0 Å². The molecule has 1 aromatic carbocycles. The van der Waals surface area contributed by atoms with Crippen molar-refractivity contribution < 1.29 is 18.3 Å². The number of nitrogens with two attached hydrogens (primary N) is 1. The highest BCUT2D eigenvalue weighted by atomic mass is 19.4. The first-order chi connectivity index (χ1) is 10.8. The third-order valence-electron chi connectivity index (χ3n) is 5.15. The molecule has 1 saturated heterocycles. The van der Waals surface area contributed by atoms with Crippen molar-refractivity contribution in [2.75, 3.05) is 13.1 Å². The fourth-order valence-corrected chi connectivity index (χ4v) is 3.56. The molecule has 23 heavy (non-hydrogen) atoms. The summed E-state index contributed by atoms with van der Waals surface area (Å²) in [6.07, 6.45) is -2.19. The van der Waals surface area contributed by atoms with Crippen LogP contribution in [0.25, 0.3) is 0 Å². The standard InChI is InChI=1S/C17H23F3N2O/c18-17(19,20)16(23)5-7-22(8-6-16)11-12-1-2-14-10-15(21)4-3-13(14)9-12/h1-2,9,15,23H,3-8,10-11,21H2. The number of benzene rings is 1. The van der Waals surface area contributed by atoms with Crippen LogP contribution in [-0.4, -0.2) is 40.9 Å². The lowest BCUT2D eigenvalue weighted by Gasteiger charge is -2.39. The monoisotopic (exact) mass is 328 g/mol. The van der Waals surface area contributed by atoms with Crippen LogP contribution in [0.4, 0.5) is 13.2 Å². The molecular weight excluding hydrogens is 305 g/mol. The first-order valence-electron chi connectivity index (χ1n) is 8.14. The van der Waals surface area contributed by atoms with Gasteiger partial charge in [0.15, 0.2) is 5.60 Å². The van der Waals surface area contributed by atoms with Crippen LogP contribution in [-0.2, 0) is 19.4 Å². The number of alkyl halides is 3. The Bertz CT molecular complexity index is 565. The Morgan fingerprint density at radius 2 is 1.91 bits per heavy atom. The Labute approximate surface area is 134 Å². The number of hydrogen-bond acceptors (Lipinski definition) is 3. The molecule has 3 N–H and O–H groups in total. The molecule has 1 fully saturated rings. The summed E-state index contributed by atoms with van der Waals surface area (Å²) in [5.41, 5.74) is 7.18. The lowest BCUT2D eigenvalue weighted by Crippen LogP contribution is -2.53. The lowest BCUT2D eigenvalue weighted by atomic mass is 9.87. The molecular formula is C17H23F3N2O. The van der Waals surface area contributed by atoms with E-state index in [2.05, 4.69) is 12.1 Å². The van der Waals surface area contributed by atoms with Gasteiger partial charge >= 0.3 is 6.18 Å². The van der Waals surface area contributed by atoms with Crippen LogP contribution in [0.2, 0.25) is 0 Å². The second-order valence-corrected chi connectivity index (χ2v) is 6.91. The maximum absolute atomic E-state index is 12.8. The van der Waals surface area contributed by atoms with Crippen molar-refractivity contribution >= 4 is 0 Å². The normalized spacial score (nSPS) is 25.2. The van der Waals surface area contributed by atoms with Gasteiger partial charge in [0.05, 0.1) is 0 Å². The number of aryl methyl sites for hydroxylation is 1. The molecule has 1 aliphatic carbocycles. The predicted molar refractivity (Wildman–Crippen MR) is 82.0 cm³/mol. The van der Waals surface area contributed by atoms with Crippen LogP contribution in [0.15, 0.2) is 18.2 Å². The molecule has 0 saturated carbocycles. The zero-order chi connectivity index (χ0) is 16.7. The minimum absolute atomic E-state index is 0.232. The van der Waals surface area contributed by atoms with E-state index >= 15 is 0 Å². The number of nitrogens with zero attached hydrogens (tertiary/aromatic N) is 1. The summed E-state index contributed by atoms with van der Waals surface area (Å²) in [6.45, 7) is 1.16. The molecule has 0 radical (unpaired) electrons. The van der Waals surface area contributed by atoms with Crippen LogP contribution < -0.4 is 5.73 Å². The van der Waals surface area contributed by atoms with Crippen LogP contribution in [0, 0.1) is 0 Å². The smallest absolute Gasteiger partial charge is 0.380 e. The number of rotatable bonds is 2. The second-order valence-electron chi connectivity index (χ2n) is 6.91. The Hall–Kier alpha value is -1.11. The highest BCUT2D eigenvalue weighted by Gasteiger charge is 2.54. The molecule has 1 aromatic rings. The van der Waals surface area contributed by atoms with Gasteiger partial charge in [0.1, 0.15) is 0 Å². The summed E-state index contributed by atoms with van der Waals surface area (Å²) in [5.74, 6) is 0. The maximum Gasteiger partial charge on any atom is 0.417 e. The van der Waals surface area contributed by atoms with Gasteiger partial charge in [-0.1, -0.05) is 18.2 Å². The third-order valence-corrected chi connectivity index (χ3v) is 5.15. The quantitative estimate of drug-likeness (QED) is 0.876. The highest BCUT2D eigenvalue weighted by molar-refractivity contribution is 5.34. The molecule has 1 unspecified atom stereocenters. The summed E-state index contributed by atoms with van der Waals surface area (Å²) >= 11 is 0. The van der Waals surface area contributed by atoms with Crippen molar-refractivity contribution in [1.29, 1.82) is 0 Å². The predicted octanol–water partition coefficient (Wildman–Crippen LogP) is 2.39. The lowest BCUT2D eigenvalue weighted by molar-refractivity contribution is -0.272. The molecule has 128 valence electrons. The molecule has 0 spiro atoms. The van der Waals surface area contributed by atoms with E-state index in [0.717, 1.165) is 24.8 Å². The molecule has 0 aromatic heterocycles. The number of piperidine rings is 1. The Morgan fingerprint density at radius 1 is 1.22 bits per heavy atom. The number of hydrogen-bond donors (Lipinski definition) is 2. The molecule has 0 bridgehead atoms. The van der Waals surface area contributed by atoms with Gasteiger partial charge in [-0.2, -0.15) is 13.2 Å². The van der Waals surface area contributed by atoms with E-state index in [4.69, 9.17) is 5.73 Å². The van der Waals surface area contributed by atoms with E-state index < -0.39 is 11.8 Å². The van der Waals surface area contributed by atoms with Gasteiger partial charge in [0, 0.05) is 25.7 Å². The minimum atomic E-state index is -4.54. The first kappa shape index (κ1) is 16.7. The number of likely N-dealkylation sites (tertiary alicyclic amines) is 1. The molecule has 0 amide bonds. The Balaban J connectivity index is 1.61. The number of halogens is 3. The third kappa shape index (κ3) is 3.54. The second kappa shape index (κ2) is 6.07. The number of fused-ring (bicyclic) bond motifs is 1. The Kier molecular flexibility index (Phi) is 4.42. The summed E-state index contributed by atoms with van der Waals surface area (Å²) in [6, 6.07) is 6.53. The SMILES string of the molecule is NC1CCc2cc(CN3CCC(O)(C(F)(F)F)CC3)ccc2C1. The van der Waals surface area contributed by atoms with E-state index in [1.165, 1.54) is 11.1 Å². The first-order valence-corrected chi connectivity index (χ1v) is 8.14. The van der Waals surface area contributed by atoms with Gasteiger partial charge in [-0.3, -0.25) is 4.90 Å². The van der Waals surface area contributed by atoms with Crippen molar-refractivity contribution in [3.63, 3.8) is 0 Å². The van der Waals surface area contributed by atoms with E-state index in [-0.39, 0.29) is 32.0 Å². The highest BCUT2D eigenvalue weighted by Crippen LogP contribution is 2.38.